The monoisotopic (exact) mass is 228 g/mol. The highest BCUT2D eigenvalue weighted by Gasteiger charge is 1.96. The fraction of sp³-hybridized carbons (Fsp3) is 1.00. The van der Waals surface area contributed by atoms with E-state index in [2.05, 4.69) is 13.8 Å². The van der Waals surface area contributed by atoms with Gasteiger partial charge in [-0.15, -0.1) is 0 Å². The third kappa shape index (κ3) is 16.4. The first-order valence-electron chi connectivity index (χ1n) is 7.41. The van der Waals surface area contributed by atoms with E-state index in [1.165, 1.54) is 83.5 Å². The summed E-state index contributed by atoms with van der Waals surface area (Å²) >= 11 is 0. The number of rotatable bonds is 0. The summed E-state index contributed by atoms with van der Waals surface area (Å²) in [5.74, 6) is 0. The molecule has 3 aliphatic carbocycles. The SMILES string of the molecule is C.C1CCC1.C1CCC1.C1CCC1.CCC. The van der Waals surface area contributed by atoms with Gasteiger partial charge in [-0.1, -0.05) is 105 Å². The molecule has 16 heavy (non-hydrogen) atoms. The van der Waals surface area contributed by atoms with Crippen LogP contribution in [0.5, 0.6) is 0 Å². The molecule has 3 aliphatic rings. The summed E-state index contributed by atoms with van der Waals surface area (Å²) in [5, 5.41) is 0. The Hall–Kier alpha value is 0. The molecule has 100 valence electrons. The summed E-state index contributed by atoms with van der Waals surface area (Å²) in [6.07, 6.45) is 19.2. The average molecular weight is 228 g/mol. The Morgan fingerprint density at radius 2 is 0.500 bits per heavy atom. The standard InChI is InChI=1S/3C4H8.C3H8.CH4/c3*1-2-4-3-1;1-3-2;/h3*1-4H2;3H2,1-2H3;1H4. The molecular weight excluding hydrogens is 192 g/mol. The summed E-state index contributed by atoms with van der Waals surface area (Å²) < 4.78 is 0. The number of hydrogen-bond acceptors (Lipinski definition) is 0. The van der Waals surface area contributed by atoms with Gasteiger partial charge in [0.2, 0.25) is 0 Å². The second-order valence-corrected chi connectivity index (χ2v) is 4.95. The molecule has 0 bridgehead atoms. The van der Waals surface area contributed by atoms with Gasteiger partial charge >= 0.3 is 0 Å². The normalized spacial score (nSPS) is 19.1. The maximum absolute atomic E-state index is 2.12. The van der Waals surface area contributed by atoms with Crippen molar-refractivity contribution in [3.8, 4) is 0 Å². The van der Waals surface area contributed by atoms with Gasteiger partial charge in [-0.2, -0.15) is 0 Å². The molecule has 0 N–H and O–H groups in total. The van der Waals surface area contributed by atoms with Crippen molar-refractivity contribution in [3.63, 3.8) is 0 Å². The molecule has 3 fully saturated rings. The molecule has 0 aliphatic heterocycles. The second kappa shape index (κ2) is 17.4. The first-order valence-corrected chi connectivity index (χ1v) is 7.41. The van der Waals surface area contributed by atoms with E-state index in [9.17, 15) is 0 Å². The Morgan fingerprint density at radius 1 is 0.438 bits per heavy atom. The highest BCUT2D eigenvalue weighted by Crippen LogP contribution is 2.15. The van der Waals surface area contributed by atoms with Gasteiger partial charge in [0.15, 0.2) is 0 Å². The van der Waals surface area contributed by atoms with Crippen LogP contribution in [-0.4, -0.2) is 0 Å². The minimum absolute atomic E-state index is 0. The van der Waals surface area contributed by atoms with Crippen molar-refractivity contribution in [2.45, 2.75) is 105 Å². The van der Waals surface area contributed by atoms with E-state index in [0.29, 0.717) is 0 Å². The lowest BCUT2D eigenvalue weighted by atomic mass is 10.0. The summed E-state index contributed by atoms with van der Waals surface area (Å²) in [4.78, 5) is 0. The summed E-state index contributed by atoms with van der Waals surface area (Å²) in [7, 11) is 0. The minimum Gasteiger partial charge on any atom is -0.0776 e. The predicted octanol–water partition coefficient (Wildman–Crippen LogP) is 6.73. The van der Waals surface area contributed by atoms with Gasteiger partial charge in [-0.05, 0) is 0 Å². The molecule has 0 aromatic heterocycles. The third-order valence-electron chi connectivity index (χ3n) is 3.00. The molecule has 0 atom stereocenters. The highest BCUT2D eigenvalue weighted by molar-refractivity contribution is 4.51. The van der Waals surface area contributed by atoms with Crippen LogP contribution in [-0.2, 0) is 0 Å². The fourth-order valence-electron chi connectivity index (χ4n) is 0.750. The van der Waals surface area contributed by atoms with Gasteiger partial charge < -0.3 is 0 Å². The molecule has 3 saturated carbocycles. The molecule has 0 saturated heterocycles. The maximum atomic E-state index is 2.12. The smallest absolute Gasteiger partial charge is 0.0533 e. The maximum Gasteiger partial charge on any atom is -0.0533 e. The molecule has 3 rings (SSSR count). The van der Waals surface area contributed by atoms with Crippen LogP contribution in [0.3, 0.4) is 0 Å². The van der Waals surface area contributed by atoms with Crippen LogP contribution in [0.15, 0.2) is 0 Å². The van der Waals surface area contributed by atoms with E-state index in [1.807, 2.05) is 0 Å². The van der Waals surface area contributed by atoms with Crippen molar-refractivity contribution >= 4 is 0 Å². The molecule has 0 heteroatoms. The van der Waals surface area contributed by atoms with Crippen molar-refractivity contribution < 1.29 is 0 Å². The summed E-state index contributed by atoms with van der Waals surface area (Å²) in [6, 6.07) is 0. The van der Waals surface area contributed by atoms with Crippen LogP contribution in [0.1, 0.15) is 105 Å². The van der Waals surface area contributed by atoms with Gasteiger partial charge in [0, 0.05) is 0 Å². The molecule has 0 heterocycles. The van der Waals surface area contributed by atoms with E-state index in [-0.39, 0.29) is 7.43 Å². The Labute approximate surface area is 105 Å². The van der Waals surface area contributed by atoms with Gasteiger partial charge in [0.1, 0.15) is 0 Å². The van der Waals surface area contributed by atoms with E-state index in [0.717, 1.165) is 0 Å². The lowest BCUT2D eigenvalue weighted by molar-refractivity contribution is 0.504. The van der Waals surface area contributed by atoms with Gasteiger partial charge in [0.05, 0.1) is 0 Å². The molecule has 0 amide bonds. The molecule has 0 spiro atoms. The molecular formula is C16H36. The topological polar surface area (TPSA) is 0 Å². The Balaban J connectivity index is 0. The Bertz CT molecular complexity index is 53.2. The van der Waals surface area contributed by atoms with Crippen LogP contribution < -0.4 is 0 Å². The quantitative estimate of drug-likeness (QED) is 0.431. The largest absolute Gasteiger partial charge is 0.0776 e. The van der Waals surface area contributed by atoms with Crippen molar-refractivity contribution in [3.05, 3.63) is 0 Å². The lowest BCUT2D eigenvalue weighted by Crippen LogP contribution is -1.85. The minimum atomic E-state index is 0. The van der Waals surface area contributed by atoms with E-state index in [4.69, 9.17) is 0 Å². The van der Waals surface area contributed by atoms with Gasteiger partial charge in [-0.25, -0.2) is 0 Å². The van der Waals surface area contributed by atoms with Crippen molar-refractivity contribution in [1.29, 1.82) is 0 Å². The Kier molecular flexibility index (Phi) is 20.0. The van der Waals surface area contributed by atoms with E-state index >= 15 is 0 Å². The molecule has 0 nitrogen and oxygen atoms in total. The number of hydrogen-bond donors (Lipinski definition) is 0. The first-order chi connectivity index (χ1) is 7.41. The van der Waals surface area contributed by atoms with Crippen LogP contribution >= 0.6 is 0 Å². The van der Waals surface area contributed by atoms with Crippen molar-refractivity contribution in [1.82, 2.24) is 0 Å². The highest BCUT2D eigenvalue weighted by atomic mass is 14.0. The van der Waals surface area contributed by atoms with Crippen LogP contribution in [0.25, 0.3) is 0 Å². The molecule has 0 aromatic rings. The summed E-state index contributed by atoms with van der Waals surface area (Å²) in [6.45, 7) is 4.25. The van der Waals surface area contributed by atoms with E-state index in [1.54, 1.807) is 0 Å². The average Bonchev–Trinajstić information content (AvgIpc) is 1.71. The first kappa shape index (κ1) is 18.4. The molecule has 0 radical (unpaired) electrons. The van der Waals surface area contributed by atoms with Gasteiger partial charge in [0.25, 0.3) is 0 Å². The van der Waals surface area contributed by atoms with Crippen molar-refractivity contribution in [2.24, 2.45) is 0 Å². The second-order valence-electron chi connectivity index (χ2n) is 4.95. The third-order valence-corrected chi connectivity index (χ3v) is 3.00. The lowest BCUT2D eigenvalue weighted by Gasteiger charge is -2.05. The Morgan fingerprint density at radius 3 is 0.500 bits per heavy atom. The zero-order chi connectivity index (χ0) is 11.2. The van der Waals surface area contributed by atoms with Crippen molar-refractivity contribution in [2.75, 3.05) is 0 Å². The van der Waals surface area contributed by atoms with E-state index < -0.39 is 0 Å². The van der Waals surface area contributed by atoms with Gasteiger partial charge in [-0.3, -0.25) is 0 Å². The summed E-state index contributed by atoms with van der Waals surface area (Å²) in [5.41, 5.74) is 0. The fourth-order valence-corrected chi connectivity index (χ4v) is 0.750. The van der Waals surface area contributed by atoms with Crippen LogP contribution in [0, 0.1) is 0 Å². The van der Waals surface area contributed by atoms with Crippen LogP contribution in [0.4, 0.5) is 0 Å². The zero-order valence-electron chi connectivity index (χ0n) is 11.2. The molecule has 0 unspecified atom stereocenters. The van der Waals surface area contributed by atoms with Crippen LogP contribution in [0.2, 0.25) is 0 Å². The predicted molar refractivity (Wildman–Crippen MR) is 78.1 cm³/mol. The zero-order valence-corrected chi connectivity index (χ0v) is 11.2. The molecule has 0 aromatic carbocycles.